The Morgan fingerprint density at radius 3 is 2.57 bits per heavy atom. The summed E-state index contributed by atoms with van der Waals surface area (Å²) in [5, 5.41) is 13.7. The van der Waals surface area contributed by atoms with E-state index in [1.165, 1.54) is 0 Å². The number of aromatic amines is 1. The zero-order chi connectivity index (χ0) is 16.1. The molecular weight excluding hydrogens is 294 g/mol. The molecule has 1 aliphatic carbocycles. The Hall–Kier alpha value is -2.57. The zero-order valence-electron chi connectivity index (χ0n) is 12.8. The molecule has 2 aromatic rings. The molecule has 1 aliphatic rings. The number of hydrogen-bond acceptors (Lipinski definition) is 5. The van der Waals surface area contributed by atoms with Crippen LogP contribution < -0.4 is 0 Å². The van der Waals surface area contributed by atoms with Crippen molar-refractivity contribution in [2.45, 2.75) is 38.8 Å². The Bertz CT molecular complexity index is 652. The molecule has 0 aliphatic heterocycles. The maximum absolute atomic E-state index is 12.5. The number of aromatic nitrogens is 4. The molecular formula is C16H19N5O2. The highest BCUT2D eigenvalue weighted by molar-refractivity contribution is 5.87. The molecule has 1 aromatic carbocycles. The van der Waals surface area contributed by atoms with Crippen molar-refractivity contribution in [3.63, 3.8) is 0 Å². The first kappa shape index (κ1) is 15.3. The fourth-order valence-electron chi connectivity index (χ4n) is 2.45. The predicted molar refractivity (Wildman–Crippen MR) is 81.8 cm³/mol. The van der Waals surface area contributed by atoms with Gasteiger partial charge >= 0.3 is 0 Å². The maximum atomic E-state index is 12.5. The van der Waals surface area contributed by atoms with Gasteiger partial charge in [-0.25, -0.2) is 0 Å². The van der Waals surface area contributed by atoms with E-state index in [1.807, 2.05) is 30.3 Å². The standard InChI is InChI=1S/C16H19N5O2/c22-14(13-6-7-13)8-9-16(23)21(11-15-17-19-20-18-15)10-12-4-2-1-3-5-12/h1-5,13H,6-11H2,(H,17,18,19,20). The second-order valence-corrected chi connectivity index (χ2v) is 5.80. The molecule has 120 valence electrons. The number of nitrogens with zero attached hydrogens (tertiary/aromatic N) is 4. The van der Waals surface area contributed by atoms with E-state index in [0.29, 0.717) is 18.8 Å². The first-order chi connectivity index (χ1) is 11.2. The van der Waals surface area contributed by atoms with E-state index in [4.69, 9.17) is 0 Å². The quantitative estimate of drug-likeness (QED) is 0.797. The van der Waals surface area contributed by atoms with Gasteiger partial charge in [-0.2, -0.15) is 5.21 Å². The van der Waals surface area contributed by atoms with Gasteiger partial charge in [0.15, 0.2) is 5.82 Å². The number of carbonyl (C=O) groups is 2. The summed E-state index contributed by atoms with van der Waals surface area (Å²) in [7, 11) is 0. The van der Waals surface area contributed by atoms with Crippen LogP contribution in [0.5, 0.6) is 0 Å². The summed E-state index contributed by atoms with van der Waals surface area (Å²) in [5.74, 6) is 0.801. The van der Waals surface area contributed by atoms with Crippen molar-refractivity contribution >= 4 is 11.7 Å². The van der Waals surface area contributed by atoms with Crippen LogP contribution in [0.3, 0.4) is 0 Å². The minimum absolute atomic E-state index is 0.0624. The Kier molecular flexibility index (Phi) is 4.75. The molecule has 1 fully saturated rings. The fraction of sp³-hybridized carbons (Fsp3) is 0.438. The lowest BCUT2D eigenvalue weighted by molar-refractivity contribution is -0.134. The molecule has 1 N–H and O–H groups in total. The molecule has 0 unspecified atom stereocenters. The molecule has 1 aromatic heterocycles. The zero-order valence-corrected chi connectivity index (χ0v) is 12.8. The molecule has 1 amide bonds. The smallest absolute Gasteiger partial charge is 0.223 e. The SMILES string of the molecule is O=C(CCC(=O)N(Cc1ccccc1)Cc1nn[nH]n1)C1CC1. The van der Waals surface area contributed by atoms with Gasteiger partial charge in [-0.3, -0.25) is 9.59 Å². The number of carbonyl (C=O) groups excluding carboxylic acids is 2. The highest BCUT2D eigenvalue weighted by atomic mass is 16.2. The highest BCUT2D eigenvalue weighted by Gasteiger charge is 2.29. The van der Waals surface area contributed by atoms with Gasteiger partial charge in [-0.1, -0.05) is 35.5 Å². The van der Waals surface area contributed by atoms with Gasteiger partial charge < -0.3 is 4.90 Å². The first-order valence-electron chi connectivity index (χ1n) is 7.79. The van der Waals surface area contributed by atoms with Crippen molar-refractivity contribution in [3.05, 3.63) is 41.7 Å². The number of amides is 1. The van der Waals surface area contributed by atoms with E-state index in [-0.39, 0.29) is 30.6 Å². The first-order valence-corrected chi connectivity index (χ1v) is 7.79. The Morgan fingerprint density at radius 1 is 1.13 bits per heavy atom. The van der Waals surface area contributed by atoms with E-state index in [9.17, 15) is 9.59 Å². The number of benzene rings is 1. The molecule has 3 rings (SSSR count). The van der Waals surface area contributed by atoms with Gasteiger partial charge in [0.1, 0.15) is 5.78 Å². The topological polar surface area (TPSA) is 91.8 Å². The van der Waals surface area contributed by atoms with Crippen molar-refractivity contribution < 1.29 is 9.59 Å². The fourth-order valence-corrected chi connectivity index (χ4v) is 2.45. The third-order valence-corrected chi connectivity index (χ3v) is 3.91. The van der Waals surface area contributed by atoms with E-state index in [0.717, 1.165) is 18.4 Å². The third kappa shape index (κ3) is 4.45. The van der Waals surface area contributed by atoms with Crippen LogP contribution in [0, 0.1) is 5.92 Å². The summed E-state index contributed by atoms with van der Waals surface area (Å²) in [6, 6.07) is 9.73. The lowest BCUT2D eigenvalue weighted by Gasteiger charge is -2.21. The van der Waals surface area contributed by atoms with Gasteiger partial charge in [0.2, 0.25) is 5.91 Å². The van der Waals surface area contributed by atoms with Crippen molar-refractivity contribution in [2.75, 3.05) is 0 Å². The maximum Gasteiger partial charge on any atom is 0.223 e. The number of Topliss-reactive ketones (excluding diaryl/α,β-unsaturated/α-hetero) is 1. The number of ketones is 1. The molecule has 0 spiro atoms. The molecule has 7 nitrogen and oxygen atoms in total. The largest absolute Gasteiger partial charge is 0.331 e. The number of H-pyrrole nitrogens is 1. The normalized spacial score (nSPS) is 13.7. The van der Waals surface area contributed by atoms with Gasteiger partial charge in [-0.05, 0) is 18.4 Å². The van der Waals surface area contributed by atoms with Crippen molar-refractivity contribution in [2.24, 2.45) is 5.92 Å². The molecule has 0 atom stereocenters. The molecule has 1 saturated carbocycles. The summed E-state index contributed by atoms with van der Waals surface area (Å²) in [6.07, 6.45) is 2.51. The minimum Gasteiger partial charge on any atom is -0.331 e. The van der Waals surface area contributed by atoms with Crippen LogP contribution in [0.25, 0.3) is 0 Å². The van der Waals surface area contributed by atoms with Crippen molar-refractivity contribution in [1.29, 1.82) is 0 Å². The molecule has 0 radical (unpaired) electrons. The van der Waals surface area contributed by atoms with Crippen LogP contribution in [-0.2, 0) is 22.7 Å². The van der Waals surface area contributed by atoms with Gasteiger partial charge in [-0.15, -0.1) is 10.2 Å². The Balaban J connectivity index is 1.63. The van der Waals surface area contributed by atoms with E-state index >= 15 is 0 Å². The van der Waals surface area contributed by atoms with Gasteiger partial charge in [0, 0.05) is 25.3 Å². The van der Waals surface area contributed by atoms with E-state index in [1.54, 1.807) is 4.90 Å². The summed E-state index contributed by atoms with van der Waals surface area (Å²) in [4.78, 5) is 26.0. The van der Waals surface area contributed by atoms with Gasteiger partial charge in [0.25, 0.3) is 0 Å². The summed E-state index contributed by atoms with van der Waals surface area (Å²) < 4.78 is 0. The van der Waals surface area contributed by atoms with Crippen LogP contribution >= 0.6 is 0 Å². The van der Waals surface area contributed by atoms with Crippen molar-refractivity contribution in [1.82, 2.24) is 25.5 Å². The average Bonchev–Trinajstić information content (AvgIpc) is 3.30. The van der Waals surface area contributed by atoms with Crippen LogP contribution in [0.2, 0.25) is 0 Å². The van der Waals surface area contributed by atoms with E-state index in [2.05, 4.69) is 20.6 Å². The Labute approximate surface area is 134 Å². The minimum atomic E-state index is -0.0624. The van der Waals surface area contributed by atoms with Gasteiger partial charge in [0.05, 0.1) is 6.54 Å². The monoisotopic (exact) mass is 313 g/mol. The van der Waals surface area contributed by atoms with Crippen molar-refractivity contribution in [3.8, 4) is 0 Å². The molecule has 7 heteroatoms. The third-order valence-electron chi connectivity index (χ3n) is 3.91. The number of nitrogens with one attached hydrogen (secondary N) is 1. The van der Waals surface area contributed by atoms with Crippen LogP contribution in [0.4, 0.5) is 0 Å². The van der Waals surface area contributed by atoms with Crippen LogP contribution in [0.1, 0.15) is 37.1 Å². The molecule has 0 bridgehead atoms. The lowest BCUT2D eigenvalue weighted by Crippen LogP contribution is -2.31. The summed E-state index contributed by atoms with van der Waals surface area (Å²) in [6.45, 7) is 0.744. The molecule has 0 saturated heterocycles. The van der Waals surface area contributed by atoms with Crippen LogP contribution in [-0.4, -0.2) is 37.2 Å². The van der Waals surface area contributed by atoms with E-state index < -0.39 is 0 Å². The summed E-state index contributed by atoms with van der Waals surface area (Å²) >= 11 is 0. The second kappa shape index (κ2) is 7.13. The average molecular weight is 313 g/mol. The molecule has 23 heavy (non-hydrogen) atoms. The highest BCUT2D eigenvalue weighted by Crippen LogP contribution is 2.31. The second-order valence-electron chi connectivity index (χ2n) is 5.80. The molecule has 1 heterocycles. The number of tetrazole rings is 1. The number of hydrogen-bond donors (Lipinski definition) is 1. The van der Waals surface area contributed by atoms with Crippen LogP contribution in [0.15, 0.2) is 30.3 Å². The predicted octanol–water partition coefficient (Wildman–Crippen LogP) is 1.49. The summed E-state index contributed by atoms with van der Waals surface area (Å²) in [5.41, 5.74) is 1.03. The Morgan fingerprint density at radius 2 is 1.91 bits per heavy atom. The lowest BCUT2D eigenvalue weighted by atomic mass is 10.1. The number of rotatable bonds is 8.